The van der Waals surface area contributed by atoms with Gasteiger partial charge in [-0.2, -0.15) is 0 Å². The Kier molecular flexibility index (Phi) is 7.41. The predicted molar refractivity (Wildman–Crippen MR) is 81.0 cm³/mol. The molecule has 0 aromatic heterocycles. The maximum Gasteiger partial charge on any atom is 0.194 e. The molecular weight excluding hydrogens is 299 g/mol. The first kappa shape index (κ1) is 16.8. The second-order valence-corrected chi connectivity index (χ2v) is 4.71. The number of ether oxygens (including phenoxy) is 1. The van der Waals surface area contributed by atoms with Crippen molar-refractivity contribution in [2.75, 3.05) is 0 Å². The first-order valence-electron chi connectivity index (χ1n) is 5.97. The fourth-order valence-corrected chi connectivity index (χ4v) is 1.85. The second-order valence-electron chi connectivity index (χ2n) is 3.89. The molecule has 0 fully saturated rings. The minimum absolute atomic E-state index is 0.491. The van der Waals surface area contributed by atoms with Crippen LogP contribution in [0.1, 0.15) is 18.1 Å². The van der Waals surface area contributed by atoms with Crippen LogP contribution in [0.25, 0.3) is 0 Å². The van der Waals surface area contributed by atoms with Crippen LogP contribution in [0.5, 0.6) is 5.75 Å². The zero-order chi connectivity index (χ0) is 15.0. The quantitative estimate of drug-likeness (QED) is 0.665. The van der Waals surface area contributed by atoms with E-state index in [2.05, 4.69) is 0 Å². The molecule has 2 N–H and O–H groups in total. The van der Waals surface area contributed by atoms with Crippen LogP contribution in [0.2, 0.25) is 5.02 Å². The Bertz CT molecular complexity index is 501. The van der Waals surface area contributed by atoms with Gasteiger partial charge in [0.1, 0.15) is 5.75 Å². The number of aliphatic hydroxyl groups is 2. The third kappa shape index (κ3) is 6.26. The molecule has 2 aromatic carbocycles. The molecule has 2 aromatic rings. The molecule has 0 saturated heterocycles. The zero-order valence-corrected chi connectivity index (χ0v) is 12.4. The number of halogens is 2. The van der Waals surface area contributed by atoms with Gasteiger partial charge in [-0.1, -0.05) is 59.6 Å². The summed E-state index contributed by atoms with van der Waals surface area (Å²) < 4.78 is 4.97. The lowest BCUT2D eigenvalue weighted by Crippen LogP contribution is -2.08. The van der Waals surface area contributed by atoms with E-state index < -0.39 is 11.9 Å². The molecule has 0 radical (unpaired) electrons. The number of para-hydroxylation sites is 1. The summed E-state index contributed by atoms with van der Waals surface area (Å²) in [6.07, 6.45) is -0.734. The highest BCUT2D eigenvalue weighted by Gasteiger charge is 2.05. The molecule has 2 rings (SSSR count). The molecule has 0 spiro atoms. The summed E-state index contributed by atoms with van der Waals surface area (Å²) in [7, 11) is 0. The normalized spacial score (nSPS) is 12.8. The van der Waals surface area contributed by atoms with Gasteiger partial charge in [-0.25, -0.2) is 0 Å². The number of hydrogen-bond donors (Lipinski definition) is 2. The van der Waals surface area contributed by atoms with Gasteiger partial charge in [0.05, 0.1) is 0 Å². The average Bonchev–Trinajstić information content (AvgIpc) is 2.40. The number of alkyl halides is 1. The van der Waals surface area contributed by atoms with E-state index in [1.54, 1.807) is 43.3 Å². The van der Waals surface area contributed by atoms with Crippen molar-refractivity contribution in [2.24, 2.45) is 0 Å². The largest absolute Gasteiger partial charge is 0.465 e. The molecule has 0 amide bonds. The lowest BCUT2D eigenvalue weighted by atomic mass is 10.2. The fraction of sp³-hybridized carbons (Fsp3) is 0.200. The van der Waals surface area contributed by atoms with Crippen LogP contribution in [0.4, 0.5) is 0 Å². The van der Waals surface area contributed by atoms with Crippen molar-refractivity contribution >= 4 is 23.2 Å². The van der Waals surface area contributed by atoms with Gasteiger partial charge in [0.25, 0.3) is 0 Å². The molecule has 0 aliphatic carbocycles. The summed E-state index contributed by atoms with van der Waals surface area (Å²) in [5.41, 5.74) is -0.459. The first-order valence-corrected chi connectivity index (χ1v) is 6.78. The van der Waals surface area contributed by atoms with Gasteiger partial charge in [0.2, 0.25) is 0 Å². The van der Waals surface area contributed by atoms with Crippen molar-refractivity contribution in [3.8, 4) is 5.75 Å². The monoisotopic (exact) mass is 314 g/mol. The fourth-order valence-electron chi connectivity index (χ4n) is 1.36. The van der Waals surface area contributed by atoms with Crippen LogP contribution in [0.3, 0.4) is 0 Å². The van der Waals surface area contributed by atoms with E-state index in [1.165, 1.54) is 0 Å². The molecule has 5 heteroatoms. The second kappa shape index (κ2) is 8.82. The number of aliphatic hydroxyl groups excluding tert-OH is 2. The molecule has 0 bridgehead atoms. The Morgan fingerprint density at radius 2 is 1.50 bits per heavy atom. The zero-order valence-electron chi connectivity index (χ0n) is 10.9. The van der Waals surface area contributed by atoms with E-state index in [1.807, 2.05) is 18.2 Å². The molecule has 20 heavy (non-hydrogen) atoms. The van der Waals surface area contributed by atoms with E-state index in [4.69, 9.17) is 38.2 Å². The lowest BCUT2D eigenvalue weighted by molar-refractivity contribution is -0.000288. The van der Waals surface area contributed by atoms with Crippen molar-refractivity contribution in [3.63, 3.8) is 0 Å². The van der Waals surface area contributed by atoms with Gasteiger partial charge < -0.3 is 14.9 Å². The molecule has 0 saturated carbocycles. The summed E-state index contributed by atoms with van der Waals surface area (Å²) in [5.74, 6) is 0.692. The van der Waals surface area contributed by atoms with E-state index in [0.717, 1.165) is 0 Å². The van der Waals surface area contributed by atoms with Crippen LogP contribution in [-0.2, 0) is 0 Å². The molecule has 2 unspecified atom stereocenters. The van der Waals surface area contributed by atoms with Gasteiger partial charge in [-0.3, -0.25) is 0 Å². The summed E-state index contributed by atoms with van der Waals surface area (Å²) in [6, 6.07) is 16.1. The van der Waals surface area contributed by atoms with Crippen molar-refractivity contribution in [1.82, 2.24) is 0 Å². The van der Waals surface area contributed by atoms with E-state index in [-0.39, 0.29) is 0 Å². The summed E-state index contributed by atoms with van der Waals surface area (Å²) in [4.78, 5) is 0. The van der Waals surface area contributed by atoms with Gasteiger partial charge in [-0.05, 0) is 25.1 Å². The summed E-state index contributed by atoms with van der Waals surface area (Å²) in [5, 5.41) is 18.2. The van der Waals surface area contributed by atoms with Gasteiger partial charge in [-0.15, -0.1) is 0 Å². The van der Waals surface area contributed by atoms with Crippen LogP contribution in [-0.4, -0.2) is 16.5 Å². The van der Waals surface area contributed by atoms with Gasteiger partial charge in [0.15, 0.2) is 11.9 Å². The van der Waals surface area contributed by atoms with Crippen LogP contribution in [0.15, 0.2) is 54.6 Å². The highest BCUT2D eigenvalue weighted by Crippen LogP contribution is 2.24. The minimum atomic E-state index is -1.01. The molecule has 3 nitrogen and oxygen atoms in total. The van der Waals surface area contributed by atoms with E-state index >= 15 is 0 Å². The number of hydrogen-bond acceptors (Lipinski definition) is 3. The van der Waals surface area contributed by atoms with E-state index in [0.29, 0.717) is 16.3 Å². The SMILES string of the molecule is CC(O)Oc1ccccc1.OC(Cl)c1ccccc1Cl. The standard InChI is InChI=1S/C8H10O2.C7H6Cl2O/c1-7(9)10-8-5-3-2-4-6-8;8-6-4-2-1-3-5(6)7(9)10/h2-7,9H,1H3;1-4,7,10H. The molecule has 0 heterocycles. The van der Waals surface area contributed by atoms with Crippen LogP contribution < -0.4 is 4.74 Å². The Hall–Kier alpha value is -1.26. The minimum Gasteiger partial charge on any atom is -0.465 e. The third-order valence-corrected chi connectivity index (χ3v) is 2.79. The number of rotatable bonds is 3. The molecule has 0 aliphatic rings. The highest BCUT2D eigenvalue weighted by molar-refractivity contribution is 6.32. The lowest BCUT2D eigenvalue weighted by Gasteiger charge is -2.06. The molecular formula is C15H16Cl2O3. The van der Waals surface area contributed by atoms with Gasteiger partial charge >= 0.3 is 0 Å². The summed E-state index contributed by atoms with van der Waals surface area (Å²) in [6.45, 7) is 1.58. The van der Waals surface area contributed by atoms with Crippen molar-refractivity contribution in [3.05, 3.63) is 65.2 Å². The first-order chi connectivity index (χ1) is 9.50. The Balaban J connectivity index is 0.000000200. The van der Waals surface area contributed by atoms with E-state index in [9.17, 15) is 0 Å². The summed E-state index contributed by atoms with van der Waals surface area (Å²) >= 11 is 11.1. The molecule has 0 aliphatic heterocycles. The van der Waals surface area contributed by atoms with Crippen molar-refractivity contribution < 1.29 is 14.9 Å². The molecule has 2 atom stereocenters. The smallest absolute Gasteiger partial charge is 0.194 e. The molecule has 108 valence electrons. The predicted octanol–water partition coefficient (Wildman–Crippen LogP) is 3.97. The maximum atomic E-state index is 8.89. The van der Waals surface area contributed by atoms with Crippen LogP contribution >= 0.6 is 23.2 Å². The van der Waals surface area contributed by atoms with Crippen molar-refractivity contribution in [2.45, 2.75) is 18.8 Å². The Labute approximate surface area is 128 Å². The van der Waals surface area contributed by atoms with Gasteiger partial charge in [0, 0.05) is 10.6 Å². The van der Waals surface area contributed by atoms with Crippen molar-refractivity contribution in [1.29, 1.82) is 0 Å². The van der Waals surface area contributed by atoms with Crippen LogP contribution in [0, 0.1) is 0 Å². The topological polar surface area (TPSA) is 49.7 Å². The third-order valence-electron chi connectivity index (χ3n) is 2.21. The number of benzene rings is 2. The Morgan fingerprint density at radius 3 is 1.95 bits per heavy atom. The maximum absolute atomic E-state index is 8.89. The highest BCUT2D eigenvalue weighted by atomic mass is 35.5. The average molecular weight is 315 g/mol. The Morgan fingerprint density at radius 1 is 0.950 bits per heavy atom.